The van der Waals surface area contributed by atoms with Crippen molar-refractivity contribution < 1.29 is 14.3 Å². The van der Waals surface area contributed by atoms with Crippen LogP contribution in [-0.4, -0.2) is 34.2 Å². The van der Waals surface area contributed by atoms with E-state index in [9.17, 15) is 4.79 Å². The van der Waals surface area contributed by atoms with Gasteiger partial charge in [-0.25, -0.2) is 9.47 Å². The molecule has 0 saturated heterocycles. The Morgan fingerprint density at radius 3 is 2.41 bits per heavy atom. The minimum Gasteiger partial charge on any atom is -0.488 e. The van der Waals surface area contributed by atoms with Crippen LogP contribution >= 0.6 is 0 Å². The van der Waals surface area contributed by atoms with Gasteiger partial charge in [-0.1, -0.05) is 24.3 Å². The molecule has 0 saturated carbocycles. The molecule has 0 amide bonds. The van der Waals surface area contributed by atoms with E-state index in [4.69, 9.17) is 9.47 Å². The molecule has 138 valence electrons. The van der Waals surface area contributed by atoms with Crippen LogP contribution in [0.2, 0.25) is 0 Å². The van der Waals surface area contributed by atoms with Crippen LogP contribution in [0.3, 0.4) is 0 Å². The second-order valence-electron chi connectivity index (χ2n) is 5.87. The number of aromatic nitrogens is 3. The van der Waals surface area contributed by atoms with E-state index in [1.54, 1.807) is 23.0 Å². The van der Waals surface area contributed by atoms with Gasteiger partial charge in [0.15, 0.2) is 11.6 Å². The summed E-state index contributed by atoms with van der Waals surface area (Å²) in [5.41, 5.74) is 2.30. The summed E-state index contributed by atoms with van der Waals surface area (Å²) in [6.45, 7) is 4.06. The fraction of sp³-hybridized carbons (Fsp3) is 0.200. The first-order valence-corrected chi connectivity index (χ1v) is 8.40. The van der Waals surface area contributed by atoms with Crippen LogP contribution in [0.1, 0.15) is 33.1 Å². The molecule has 3 aromatic rings. The molecule has 0 aliphatic heterocycles. The van der Waals surface area contributed by atoms with Crippen molar-refractivity contribution in [2.24, 2.45) is 5.10 Å². The van der Waals surface area contributed by atoms with Gasteiger partial charge in [0.1, 0.15) is 12.4 Å². The molecule has 1 heterocycles. The highest BCUT2D eigenvalue weighted by molar-refractivity contribution is 5.89. The smallest absolute Gasteiger partial charge is 0.337 e. The molecule has 0 spiro atoms. The van der Waals surface area contributed by atoms with Crippen LogP contribution in [-0.2, 0) is 11.3 Å². The van der Waals surface area contributed by atoms with E-state index < -0.39 is 0 Å². The predicted octanol–water partition coefficient (Wildman–Crippen LogP) is 3.14. The first kappa shape index (κ1) is 18.3. The fourth-order valence-corrected chi connectivity index (χ4v) is 2.49. The molecule has 0 radical (unpaired) electrons. The van der Waals surface area contributed by atoms with E-state index in [1.807, 2.05) is 50.2 Å². The molecule has 3 rings (SSSR count). The summed E-state index contributed by atoms with van der Waals surface area (Å²) in [7, 11) is 1.36. The quantitative estimate of drug-likeness (QED) is 0.496. The van der Waals surface area contributed by atoms with Crippen molar-refractivity contribution in [2.45, 2.75) is 20.5 Å². The van der Waals surface area contributed by atoms with E-state index in [0.717, 1.165) is 11.1 Å². The first-order valence-electron chi connectivity index (χ1n) is 8.40. The van der Waals surface area contributed by atoms with E-state index in [-0.39, 0.29) is 5.97 Å². The van der Waals surface area contributed by atoms with Crippen molar-refractivity contribution in [3.05, 3.63) is 76.9 Å². The van der Waals surface area contributed by atoms with Crippen molar-refractivity contribution in [3.8, 4) is 5.75 Å². The minimum atomic E-state index is -0.358. The van der Waals surface area contributed by atoms with E-state index in [2.05, 4.69) is 15.3 Å². The van der Waals surface area contributed by atoms with E-state index in [1.165, 1.54) is 7.11 Å². The Morgan fingerprint density at radius 1 is 1.07 bits per heavy atom. The van der Waals surface area contributed by atoms with Gasteiger partial charge in [0.2, 0.25) is 0 Å². The van der Waals surface area contributed by atoms with Gasteiger partial charge in [0.25, 0.3) is 0 Å². The lowest BCUT2D eigenvalue weighted by molar-refractivity contribution is 0.0600. The van der Waals surface area contributed by atoms with Gasteiger partial charge in [-0.3, -0.25) is 0 Å². The van der Waals surface area contributed by atoms with Crippen molar-refractivity contribution in [1.82, 2.24) is 14.9 Å². The molecular weight excluding hydrogens is 344 g/mol. The molecule has 27 heavy (non-hydrogen) atoms. The Hall–Kier alpha value is -3.48. The number of para-hydroxylation sites is 1. The van der Waals surface area contributed by atoms with Gasteiger partial charge in [-0.2, -0.15) is 5.10 Å². The Kier molecular flexibility index (Phi) is 5.61. The number of nitrogens with zero attached hydrogens (tertiary/aromatic N) is 4. The van der Waals surface area contributed by atoms with Gasteiger partial charge in [-0.05, 0) is 43.7 Å². The number of hydrogen-bond acceptors (Lipinski definition) is 6. The molecule has 0 aliphatic carbocycles. The Morgan fingerprint density at radius 2 is 1.74 bits per heavy atom. The lowest BCUT2D eigenvalue weighted by Gasteiger charge is -2.09. The van der Waals surface area contributed by atoms with Gasteiger partial charge in [0.05, 0.1) is 18.9 Å². The van der Waals surface area contributed by atoms with Crippen LogP contribution in [0, 0.1) is 13.8 Å². The largest absolute Gasteiger partial charge is 0.488 e. The average Bonchev–Trinajstić information content (AvgIpc) is 3.02. The molecule has 0 unspecified atom stereocenters. The second kappa shape index (κ2) is 8.27. The Bertz CT molecular complexity index is 942. The maximum Gasteiger partial charge on any atom is 0.337 e. The van der Waals surface area contributed by atoms with Crippen LogP contribution in [0.15, 0.2) is 53.6 Å². The number of rotatable bonds is 6. The third-order valence-electron chi connectivity index (χ3n) is 3.95. The minimum absolute atomic E-state index is 0.358. The molecule has 1 aromatic heterocycles. The van der Waals surface area contributed by atoms with Crippen LogP contribution in [0.4, 0.5) is 0 Å². The summed E-state index contributed by atoms with van der Waals surface area (Å²) in [6, 6.07) is 14.8. The summed E-state index contributed by atoms with van der Waals surface area (Å²) in [5.74, 6) is 1.78. The first-order chi connectivity index (χ1) is 13.1. The third-order valence-corrected chi connectivity index (χ3v) is 3.95. The van der Waals surface area contributed by atoms with Crippen LogP contribution in [0.5, 0.6) is 5.75 Å². The number of ether oxygens (including phenoxy) is 2. The predicted molar refractivity (Wildman–Crippen MR) is 101 cm³/mol. The molecular formula is C20H20N4O3. The molecule has 0 fully saturated rings. The number of esters is 1. The highest BCUT2D eigenvalue weighted by Gasteiger charge is 2.06. The van der Waals surface area contributed by atoms with Crippen LogP contribution < -0.4 is 4.74 Å². The number of methoxy groups -OCH3 is 1. The molecule has 7 nitrogen and oxygen atoms in total. The van der Waals surface area contributed by atoms with Crippen molar-refractivity contribution in [3.63, 3.8) is 0 Å². The summed E-state index contributed by atoms with van der Waals surface area (Å²) in [4.78, 5) is 11.5. The average molecular weight is 364 g/mol. The monoisotopic (exact) mass is 364 g/mol. The van der Waals surface area contributed by atoms with Gasteiger partial charge in [0, 0.05) is 5.56 Å². The summed E-state index contributed by atoms with van der Waals surface area (Å²) in [5, 5.41) is 12.4. The van der Waals surface area contributed by atoms with Crippen molar-refractivity contribution in [1.29, 1.82) is 0 Å². The number of hydrogen-bond donors (Lipinski definition) is 0. The summed E-state index contributed by atoms with van der Waals surface area (Å²) >= 11 is 0. The molecule has 7 heteroatoms. The van der Waals surface area contributed by atoms with Crippen molar-refractivity contribution >= 4 is 12.2 Å². The van der Waals surface area contributed by atoms with Gasteiger partial charge < -0.3 is 9.47 Å². The maximum atomic E-state index is 11.5. The topological polar surface area (TPSA) is 78.6 Å². The fourth-order valence-electron chi connectivity index (χ4n) is 2.49. The SMILES string of the molecule is COC(=O)c1ccc(COc2ccccc2C=Nn2c(C)nnc2C)cc1. The molecule has 2 aromatic carbocycles. The summed E-state index contributed by atoms with van der Waals surface area (Å²) in [6.07, 6.45) is 1.72. The lowest BCUT2D eigenvalue weighted by Crippen LogP contribution is -2.03. The Balaban J connectivity index is 1.72. The maximum absolute atomic E-state index is 11.5. The third kappa shape index (κ3) is 4.38. The normalized spacial score (nSPS) is 10.9. The zero-order chi connectivity index (χ0) is 19.2. The van der Waals surface area contributed by atoms with Gasteiger partial charge in [-0.15, -0.1) is 10.2 Å². The number of carbonyl (C=O) groups excluding carboxylic acids is 1. The van der Waals surface area contributed by atoms with E-state index in [0.29, 0.717) is 29.6 Å². The zero-order valence-electron chi connectivity index (χ0n) is 15.4. The molecule has 0 bridgehead atoms. The summed E-state index contributed by atoms with van der Waals surface area (Å²) < 4.78 is 12.3. The lowest BCUT2D eigenvalue weighted by atomic mass is 10.1. The number of carbonyl (C=O) groups is 1. The molecule has 0 N–H and O–H groups in total. The standard InChI is InChI=1S/C20H20N4O3/c1-14-22-23-15(2)24(14)21-12-18-6-4-5-7-19(18)27-13-16-8-10-17(11-9-16)20(25)26-3/h4-12H,13H2,1-3H3. The van der Waals surface area contributed by atoms with Crippen LogP contribution in [0.25, 0.3) is 0 Å². The number of aryl methyl sites for hydroxylation is 2. The molecule has 0 atom stereocenters. The van der Waals surface area contributed by atoms with Crippen molar-refractivity contribution in [2.75, 3.05) is 7.11 Å². The highest BCUT2D eigenvalue weighted by atomic mass is 16.5. The highest BCUT2D eigenvalue weighted by Crippen LogP contribution is 2.18. The van der Waals surface area contributed by atoms with Gasteiger partial charge >= 0.3 is 5.97 Å². The Labute approximate surface area is 157 Å². The second-order valence-corrected chi connectivity index (χ2v) is 5.87. The zero-order valence-corrected chi connectivity index (χ0v) is 15.4. The molecule has 0 aliphatic rings. The van der Waals surface area contributed by atoms with E-state index >= 15 is 0 Å². The number of benzene rings is 2.